The number of aliphatic hydroxyl groups is 1. The molecular formula is C10H11F3N2O3. The van der Waals surface area contributed by atoms with Crippen LogP contribution in [0.25, 0.3) is 0 Å². The Morgan fingerprint density at radius 3 is 2.83 bits per heavy atom. The van der Waals surface area contributed by atoms with Gasteiger partial charge in [0.25, 0.3) is 5.91 Å². The number of carbonyl (C=O) groups is 1. The van der Waals surface area contributed by atoms with Gasteiger partial charge < -0.3 is 15.2 Å². The van der Waals surface area contributed by atoms with Crippen molar-refractivity contribution in [3.63, 3.8) is 0 Å². The minimum atomic E-state index is -4.77. The average Bonchev–Trinajstić information content (AvgIpc) is 2.34. The molecule has 1 aromatic rings. The van der Waals surface area contributed by atoms with Crippen LogP contribution >= 0.6 is 0 Å². The van der Waals surface area contributed by atoms with E-state index < -0.39 is 24.7 Å². The number of nitrogens with zero attached hydrogens (tertiary/aromatic N) is 1. The van der Waals surface area contributed by atoms with Gasteiger partial charge in [0, 0.05) is 6.20 Å². The molecule has 0 aliphatic heterocycles. The highest BCUT2D eigenvalue weighted by Gasteiger charge is 2.38. The van der Waals surface area contributed by atoms with Gasteiger partial charge in [-0.1, -0.05) is 0 Å². The van der Waals surface area contributed by atoms with Gasteiger partial charge in [-0.2, -0.15) is 13.2 Å². The van der Waals surface area contributed by atoms with Crippen LogP contribution < -0.4 is 10.1 Å². The van der Waals surface area contributed by atoms with E-state index in [9.17, 15) is 18.0 Å². The van der Waals surface area contributed by atoms with E-state index in [-0.39, 0.29) is 11.3 Å². The number of aliphatic hydroxyl groups excluding tert-OH is 1. The van der Waals surface area contributed by atoms with E-state index in [4.69, 9.17) is 9.84 Å². The number of carbonyl (C=O) groups excluding carboxylic acids is 1. The zero-order valence-corrected chi connectivity index (χ0v) is 9.36. The summed E-state index contributed by atoms with van der Waals surface area (Å²) in [4.78, 5) is 15.3. The predicted octanol–water partition coefficient (Wildman–Crippen LogP) is 0.743. The number of nitrogens with one attached hydrogen (secondary N) is 1. The maximum absolute atomic E-state index is 12.0. The Balaban J connectivity index is 2.66. The summed E-state index contributed by atoms with van der Waals surface area (Å²) >= 11 is 0. The van der Waals surface area contributed by atoms with Crippen LogP contribution in [0.1, 0.15) is 10.4 Å². The fraction of sp³-hybridized carbons (Fsp3) is 0.400. The van der Waals surface area contributed by atoms with Crippen LogP contribution in [-0.4, -0.2) is 41.9 Å². The summed E-state index contributed by atoms with van der Waals surface area (Å²) in [5.74, 6) is -0.644. The van der Waals surface area contributed by atoms with Crippen molar-refractivity contribution in [3.8, 4) is 5.75 Å². The molecule has 0 aromatic carbocycles. The van der Waals surface area contributed by atoms with E-state index in [0.717, 1.165) is 0 Å². The third-order valence-corrected chi connectivity index (χ3v) is 2.08. The summed E-state index contributed by atoms with van der Waals surface area (Å²) in [6.07, 6.45) is -4.81. The molecule has 0 spiro atoms. The van der Waals surface area contributed by atoms with Crippen LogP contribution in [-0.2, 0) is 0 Å². The van der Waals surface area contributed by atoms with Gasteiger partial charge in [-0.3, -0.25) is 9.78 Å². The average molecular weight is 264 g/mol. The third kappa shape index (κ3) is 3.59. The van der Waals surface area contributed by atoms with E-state index in [1.807, 2.05) is 5.32 Å². The quantitative estimate of drug-likeness (QED) is 0.841. The number of aromatic nitrogens is 1. The monoisotopic (exact) mass is 264 g/mol. The lowest BCUT2D eigenvalue weighted by Crippen LogP contribution is -2.40. The maximum atomic E-state index is 12.0. The summed E-state index contributed by atoms with van der Waals surface area (Å²) in [6, 6.07) is 1.30. The standard InChI is InChI=1S/C10H11F3N2O3/c1-18-7-4-14-3-2-6(7)9(17)15-5-8(16)10(11,12)13/h2-4,8,16H,5H2,1H3,(H,15,17). The molecule has 0 bridgehead atoms. The van der Waals surface area contributed by atoms with Gasteiger partial charge in [0.05, 0.1) is 25.4 Å². The van der Waals surface area contributed by atoms with Crippen molar-refractivity contribution in [2.45, 2.75) is 12.3 Å². The number of hydrogen-bond acceptors (Lipinski definition) is 4. The van der Waals surface area contributed by atoms with Crippen molar-refractivity contribution < 1.29 is 27.8 Å². The topological polar surface area (TPSA) is 71.5 Å². The van der Waals surface area contributed by atoms with Crippen LogP contribution in [0, 0.1) is 0 Å². The molecule has 0 aliphatic rings. The van der Waals surface area contributed by atoms with Gasteiger partial charge in [0.15, 0.2) is 6.10 Å². The Hall–Kier alpha value is -1.83. The van der Waals surface area contributed by atoms with E-state index in [0.29, 0.717) is 0 Å². The highest BCUT2D eigenvalue weighted by atomic mass is 19.4. The van der Waals surface area contributed by atoms with Crippen LogP contribution in [0.5, 0.6) is 5.75 Å². The minimum Gasteiger partial charge on any atom is -0.494 e. The summed E-state index contributed by atoms with van der Waals surface area (Å²) in [7, 11) is 1.30. The second kappa shape index (κ2) is 5.67. The van der Waals surface area contributed by atoms with Crippen molar-refractivity contribution in [2.75, 3.05) is 13.7 Å². The Morgan fingerprint density at radius 2 is 2.28 bits per heavy atom. The number of methoxy groups -OCH3 is 1. The van der Waals surface area contributed by atoms with Gasteiger partial charge >= 0.3 is 6.18 Å². The molecule has 0 aliphatic carbocycles. The van der Waals surface area contributed by atoms with Crippen LogP contribution in [0.3, 0.4) is 0 Å². The van der Waals surface area contributed by atoms with Crippen molar-refractivity contribution in [1.29, 1.82) is 0 Å². The molecule has 2 N–H and O–H groups in total. The molecule has 1 atom stereocenters. The largest absolute Gasteiger partial charge is 0.494 e. The highest BCUT2D eigenvalue weighted by molar-refractivity contribution is 5.96. The molecule has 1 unspecified atom stereocenters. The molecule has 1 amide bonds. The van der Waals surface area contributed by atoms with E-state index >= 15 is 0 Å². The van der Waals surface area contributed by atoms with E-state index in [2.05, 4.69) is 4.98 Å². The number of halogens is 3. The molecule has 1 heterocycles. The summed E-state index contributed by atoms with van der Waals surface area (Å²) in [5, 5.41) is 10.7. The van der Waals surface area contributed by atoms with Gasteiger partial charge in [-0.15, -0.1) is 0 Å². The lowest BCUT2D eigenvalue weighted by Gasteiger charge is -2.15. The van der Waals surface area contributed by atoms with E-state index in [1.165, 1.54) is 25.6 Å². The van der Waals surface area contributed by atoms with Crippen molar-refractivity contribution in [3.05, 3.63) is 24.0 Å². The first-order chi connectivity index (χ1) is 8.36. The van der Waals surface area contributed by atoms with E-state index in [1.54, 1.807) is 0 Å². The highest BCUT2D eigenvalue weighted by Crippen LogP contribution is 2.20. The van der Waals surface area contributed by atoms with Crippen LogP contribution in [0.2, 0.25) is 0 Å². The summed E-state index contributed by atoms with van der Waals surface area (Å²) in [5.41, 5.74) is 0.0434. The first-order valence-corrected chi connectivity index (χ1v) is 4.87. The fourth-order valence-corrected chi connectivity index (χ4v) is 1.13. The molecule has 0 saturated carbocycles. The minimum absolute atomic E-state index is 0.0434. The van der Waals surface area contributed by atoms with Crippen molar-refractivity contribution in [1.82, 2.24) is 10.3 Å². The van der Waals surface area contributed by atoms with Gasteiger partial charge in [0.2, 0.25) is 0 Å². The Kier molecular flexibility index (Phi) is 4.49. The zero-order valence-electron chi connectivity index (χ0n) is 9.36. The number of alkyl halides is 3. The Labute approximate surface area is 101 Å². The maximum Gasteiger partial charge on any atom is 0.416 e. The molecule has 100 valence electrons. The smallest absolute Gasteiger partial charge is 0.416 e. The summed E-state index contributed by atoms with van der Waals surface area (Å²) < 4.78 is 40.9. The normalized spacial score (nSPS) is 12.9. The second-order valence-electron chi connectivity index (χ2n) is 3.34. The number of pyridine rings is 1. The van der Waals surface area contributed by atoms with Crippen molar-refractivity contribution >= 4 is 5.91 Å². The van der Waals surface area contributed by atoms with Crippen LogP contribution in [0.4, 0.5) is 13.2 Å². The first kappa shape index (κ1) is 14.2. The number of ether oxygens (including phenoxy) is 1. The van der Waals surface area contributed by atoms with Gasteiger partial charge in [0.1, 0.15) is 5.75 Å². The predicted molar refractivity (Wildman–Crippen MR) is 55.2 cm³/mol. The van der Waals surface area contributed by atoms with Crippen LogP contribution in [0.15, 0.2) is 18.5 Å². The molecule has 0 fully saturated rings. The number of rotatable bonds is 4. The van der Waals surface area contributed by atoms with Crippen molar-refractivity contribution in [2.24, 2.45) is 0 Å². The number of amides is 1. The van der Waals surface area contributed by atoms with Gasteiger partial charge in [-0.05, 0) is 6.07 Å². The molecule has 0 radical (unpaired) electrons. The summed E-state index contributed by atoms with van der Waals surface area (Å²) in [6.45, 7) is -0.923. The second-order valence-corrected chi connectivity index (χ2v) is 3.34. The third-order valence-electron chi connectivity index (χ3n) is 2.08. The first-order valence-electron chi connectivity index (χ1n) is 4.87. The molecule has 1 aromatic heterocycles. The Bertz CT molecular complexity index is 423. The fourth-order valence-electron chi connectivity index (χ4n) is 1.13. The lowest BCUT2D eigenvalue weighted by atomic mass is 10.2. The number of hydrogen-bond donors (Lipinski definition) is 2. The molecule has 5 nitrogen and oxygen atoms in total. The molecule has 18 heavy (non-hydrogen) atoms. The lowest BCUT2D eigenvalue weighted by molar-refractivity contribution is -0.201. The molecule has 0 saturated heterocycles. The molecule has 1 rings (SSSR count). The SMILES string of the molecule is COc1cnccc1C(=O)NCC(O)C(F)(F)F. The molecular weight excluding hydrogens is 253 g/mol. The Morgan fingerprint density at radius 1 is 1.61 bits per heavy atom. The van der Waals surface area contributed by atoms with Gasteiger partial charge in [-0.25, -0.2) is 0 Å². The zero-order chi connectivity index (χ0) is 13.8. The molecule has 8 heteroatoms.